The predicted molar refractivity (Wildman–Crippen MR) is 61.9 cm³/mol. The highest BCUT2D eigenvalue weighted by Gasteiger charge is 2.12. The Morgan fingerprint density at radius 2 is 2.35 bits per heavy atom. The minimum absolute atomic E-state index is 0.237. The molecular formula is C9H11N5O2S. The van der Waals surface area contributed by atoms with Crippen LogP contribution in [0.1, 0.15) is 21.5 Å². The smallest absolute Gasteiger partial charge is 0.282 e. The normalized spacial score (nSPS) is 10.2. The molecular weight excluding hydrogens is 242 g/mol. The minimum Gasteiger partial charge on any atom is -0.444 e. The summed E-state index contributed by atoms with van der Waals surface area (Å²) in [4.78, 5) is 15.6. The van der Waals surface area contributed by atoms with Crippen LogP contribution in [-0.4, -0.2) is 28.1 Å². The Balaban J connectivity index is 1.93. The lowest BCUT2D eigenvalue weighted by Gasteiger charge is -1.97. The number of carbonyl (C=O) groups is 1. The van der Waals surface area contributed by atoms with E-state index in [1.807, 2.05) is 0 Å². The number of oxazole rings is 1. The van der Waals surface area contributed by atoms with Crippen LogP contribution in [0.2, 0.25) is 0 Å². The Morgan fingerprint density at radius 1 is 1.53 bits per heavy atom. The van der Waals surface area contributed by atoms with E-state index >= 15 is 0 Å². The summed E-state index contributed by atoms with van der Waals surface area (Å²) in [5, 5.41) is 13.9. The van der Waals surface area contributed by atoms with E-state index in [1.165, 1.54) is 11.3 Å². The van der Waals surface area contributed by atoms with E-state index < -0.39 is 0 Å². The lowest BCUT2D eigenvalue weighted by atomic mass is 10.5. The number of rotatable bonds is 4. The van der Waals surface area contributed by atoms with Gasteiger partial charge >= 0.3 is 0 Å². The molecule has 1 amide bonds. The van der Waals surface area contributed by atoms with Gasteiger partial charge in [0.1, 0.15) is 5.76 Å². The first kappa shape index (κ1) is 11.5. The molecule has 7 nitrogen and oxygen atoms in total. The second-order valence-corrected chi connectivity index (χ2v) is 4.19. The number of anilines is 1. The zero-order valence-corrected chi connectivity index (χ0v) is 10.2. The lowest BCUT2D eigenvalue weighted by Crippen LogP contribution is -2.22. The van der Waals surface area contributed by atoms with E-state index in [0.29, 0.717) is 21.8 Å². The molecule has 0 aliphatic heterocycles. The van der Waals surface area contributed by atoms with E-state index in [4.69, 9.17) is 4.42 Å². The van der Waals surface area contributed by atoms with Crippen molar-refractivity contribution in [3.8, 4) is 0 Å². The van der Waals surface area contributed by atoms with Crippen molar-refractivity contribution in [3.05, 3.63) is 22.9 Å². The van der Waals surface area contributed by atoms with Gasteiger partial charge in [-0.2, -0.15) is 0 Å². The Bertz CT molecular complexity index is 521. The SMILES string of the molecule is CNc1nnc(C(=O)NCc2ncc(C)o2)s1. The van der Waals surface area contributed by atoms with Gasteiger partial charge in [-0.05, 0) is 6.92 Å². The standard InChI is InChI=1S/C9H11N5O2S/c1-5-3-11-6(16-5)4-12-7(15)8-13-14-9(10-2)17-8/h3H,4H2,1-2H3,(H,10,14)(H,12,15). The second-order valence-electron chi connectivity index (χ2n) is 3.21. The highest BCUT2D eigenvalue weighted by molar-refractivity contribution is 7.17. The first-order chi connectivity index (χ1) is 8.19. The third kappa shape index (κ3) is 2.78. The van der Waals surface area contributed by atoms with Crippen molar-refractivity contribution in [2.75, 3.05) is 12.4 Å². The van der Waals surface area contributed by atoms with Gasteiger partial charge < -0.3 is 15.1 Å². The Labute approximate surface area is 101 Å². The summed E-state index contributed by atoms with van der Waals surface area (Å²) in [7, 11) is 1.72. The molecule has 2 heterocycles. The van der Waals surface area contributed by atoms with Gasteiger partial charge in [-0.25, -0.2) is 4.98 Å². The first-order valence-electron chi connectivity index (χ1n) is 4.90. The summed E-state index contributed by atoms with van der Waals surface area (Å²) in [6.45, 7) is 2.03. The molecule has 0 saturated carbocycles. The molecule has 17 heavy (non-hydrogen) atoms. The van der Waals surface area contributed by atoms with Crippen LogP contribution >= 0.6 is 11.3 Å². The average molecular weight is 253 g/mol. The fourth-order valence-electron chi connectivity index (χ4n) is 1.13. The summed E-state index contributed by atoms with van der Waals surface area (Å²) in [6.07, 6.45) is 1.60. The second kappa shape index (κ2) is 4.91. The maximum Gasteiger partial charge on any atom is 0.282 e. The molecule has 8 heteroatoms. The van der Waals surface area contributed by atoms with E-state index in [2.05, 4.69) is 25.8 Å². The molecule has 0 aliphatic carbocycles. The molecule has 2 aromatic heterocycles. The first-order valence-corrected chi connectivity index (χ1v) is 5.71. The van der Waals surface area contributed by atoms with Gasteiger partial charge in [-0.1, -0.05) is 11.3 Å². The molecule has 0 radical (unpaired) electrons. The van der Waals surface area contributed by atoms with E-state index in [-0.39, 0.29) is 12.5 Å². The molecule has 0 saturated heterocycles. The van der Waals surface area contributed by atoms with Gasteiger partial charge in [0.2, 0.25) is 16.0 Å². The molecule has 0 bridgehead atoms. The molecule has 2 rings (SSSR count). The van der Waals surface area contributed by atoms with Crippen LogP contribution in [0.5, 0.6) is 0 Å². The van der Waals surface area contributed by atoms with Gasteiger partial charge in [0.05, 0.1) is 12.7 Å². The molecule has 0 aliphatic rings. The van der Waals surface area contributed by atoms with Crippen molar-refractivity contribution >= 4 is 22.4 Å². The molecule has 2 aromatic rings. The molecule has 0 unspecified atom stereocenters. The largest absolute Gasteiger partial charge is 0.444 e. The number of carbonyl (C=O) groups excluding carboxylic acids is 1. The van der Waals surface area contributed by atoms with Gasteiger partial charge in [0, 0.05) is 7.05 Å². The molecule has 2 N–H and O–H groups in total. The number of aromatic nitrogens is 3. The number of hydrogen-bond donors (Lipinski definition) is 2. The van der Waals surface area contributed by atoms with Crippen molar-refractivity contribution < 1.29 is 9.21 Å². The molecule has 0 fully saturated rings. The van der Waals surface area contributed by atoms with Crippen molar-refractivity contribution in [1.82, 2.24) is 20.5 Å². The number of aryl methyl sites for hydroxylation is 1. The van der Waals surface area contributed by atoms with Crippen molar-refractivity contribution in [2.45, 2.75) is 13.5 Å². The number of nitrogens with zero attached hydrogens (tertiary/aromatic N) is 3. The molecule has 0 atom stereocenters. The van der Waals surface area contributed by atoms with Crippen LogP contribution in [0.15, 0.2) is 10.6 Å². The summed E-state index contributed by atoms with van der Waals surface area (Å²) in [6, 6.07) is 0. The van der Waals surface area contributed by atoms with Crippen LogP contribution in [0.4, 0.5) is 5.13 Å². The summed E-state index contributed by atoms with van der Waals surface area (Å²) in [5.74, 6) is 0.886. The zero-order chi connectivity index (χ0) is 12.3. The van der Waals surface area contributed by atoms with Crippen molar-refractivity contribution in [3.63, 3.8) is 0 Å². The van der Waals surface area contributed by atoms with Crippen LogP contribution in [0, 0.1) is 6.92 Å². The van der Waals surface area contributed by atoms with E-state index in [1.54, 1.807) is 20.2 Å². The van der Waals surface area contributed by atoms with Gasteiger partial charge in [0.25, 0.3) is 5.91 Å². The third-order valence-electron chi connectivity index (χ3n) is 1.90. The minimum atomic E-state index is -0.292. The Morgan fingerprint density at radius 3 is 2.94 bits per heavy atom. The summed E-state index contributed by atoms with van der Waals surface area (Å²) >= 11 is 1.18. The average Bonchev–Trinajstić information content (AvgIpc) is 2.94. The van der Waals surface area contributed by atoms with Crippen molar-refractivity contribution in [1.29, 1.82) is 0 Å². The number of amides is 1. The summed E-state index contributed by atoms with van der Waals surface area (Å²) < 4.78 is 5.23. The Kier molecular flexibility index (Phi) is 3.33. The van der Waals surface area contributed by atoms with E-state index in [9.17, 15) is 4.79 Å². The maximum atomic E-state index is 11.7. The van der Waals surface area contributed by atoms with E-state index in [0.717, 1.165) is 0 Å². The van der Waals surface area contributed by atoms with Crippen LogP contribution in [0.3, 0.4) is 0 Å². The highest BCUT2D eigenvalue weighted by atomic mass is 32.1. The molecule has 90 valence electrons. The van der Waals surface area contributed by atoms with Crippen molar-refractivity contribution in [2.24, 2.45) is 0 Å². The monoisotopic (exact) mass is 253 g/mol. The topological polar surface area (TPSA) is 92.9 Å². The third-order valence-corrected chi connectivity index (χ3v) is 2.84. The van der Waals surface area contributed by atoms with Crippen LogP contribution < -0.4 is 10.6 Å². The van der Waals surface area contributed by atoms with Crippen LogP contribution in [-0.2, 0) is 6.54 Å². The maximum absolute atomic E-state index is 11.7. The molecule has 0 aromatic carbocycles. The number of nitrogens with one attached hydrogen (secondary N) is 2. The molecule has 0 spiro atoms. The highest BCUT2D eigenvalue weighted by Crippen LogP contribution is 2.13. The number of hydrogen-bond acceptors (Lipinski definition) is 7. The quantitative estimate of drug-likeness (QED) is 0.837. The predicted octanol–water partition coefficient (Wildman–Crippen LogP) is 0.806. The van der Waals surface area contributed by atoms with Crippen LogP contribution in [0.25, 0.3) is 0 Å². The van der Waals surface area contributed by atoms with Gasteiger partial charge in [-0.15, -0.1) is 10.2 Å². The lowest BCUT2D eigenvalue weighted by molar-refractivity contribution is 0.0946. The fourth-order valence-corrected chi connectivity index (χ4v) is 1.74. The summed E-state index contributed by atoms with van der Waals surface area (Å²) in [5.41, 5.74) is 0. The Hall–Kier alpha value is -1.96. The zero-order valence-electron chi connectivity index (χ0n) is 9.35. The van der Waals surface area contributed by atoms with Gasteiger partial charge in [0.15, 0.2) is 0 Å². The van der Waals surface area contributed by atoms with Gasteiger partial charge in [-0.3, -0.25) is 4.79 Å². The fraction of sp³-hybridized carbons (Fsp3) is 0.333.